The fraction of sp³-hybridized carbons (Fsp3) is 0.250. The first kappa shape index (κ1) is 13.5. The molecule has 0 radical (unpaired) electrons. The number of hydrogen-bond acceptors (Lipinski definition) is 4. The maximum absolute atomic E-state index is 11.7. The predicted molar refractivity (Wildman–Crippen MR) is 76.5 cm³/mol. The Labute approximate surface area is 117 Å². The number of pyridine rings is 1. The molecule has 2 rings (SSSR count). The van der Waals surface area contributed by atoms with Crippen LogP contribution in [0.1, 0.15) is 12.6 Å². The molecule has 0 spiro atoms. The third-order valence-corrected chi connectivity index (χ3v) is 3.06. The highest BCUT2D eigenvalue weighted by Crippen LogP contribution is 2.08. The molecule has 0 aromatic carbocycles. The molecule has 0 bridgehead atoms. The Kier molecular flexibility index (Phi) is 4.16. The van der Waals surface area contributed by atoms with Gasteiger partial charge in [0.15, 0.2) is 0 Å². The number of rotatable bonds is 4. The van der Waals surface area contributed by atoms with Crippen molar-refractivity contribution in [2.45, 2.75) is 13.5 Å². The van der Waals surface area contributed by atoms with E-state index in [1.54, 1.807) is 6.20 Å². The van der Waals surface area contributed by atoms with Crippen LogP contribution >= 0.6 is 15.9 Å². The number of aromatic amines is 1. The highest BCUT2D eigenvalue weighted by Gasteiger charge is 2.04. The third-order valence-electron chi connectivity index (χ3n) is 2.50. The van der Waals surface area contributed by atoms with Gasteiger partial charge in [0.1, 0.15) is 0 Å². The van der Waals surface area contributed by atoms with Gasteiger partial charge in [0.05, 0.1) is 16.7 Å². The molecule has 0 saturated heterocycles. The molecular formula is C12H13BrN4O2. The molecule has 0 aliphatic heterocycles. The van der Waals surface area contributed by atoms with Crippen molar-refractivity contribution in [3.63, 3.8) is 0 Å². The van der Waals surface area contributed by atoms with E-state index >= 15 is 0 Å². The summed E-state index contributed by atoms with van der Waals surface area (Å²) in [5.41, 5.74) is 0.794. The summed E-state index contributed by atoms with van der Waals surface area (Å²) in [6.07, 6.45) is 3.14. The first-order valence-corrected chi connectivity index (χ1v) is 6.57. The average molecular weight is 325 g/mol. The van der Waals surface area contributed by atoms with E-state index in [4.69, 9.17) is 0 Å². The lowest BCUT2D eigenvalue weighted by molar-refractivity contribution is 0.701. The molecule has 100 valence electrons. The molecule has 0 saturated carbocycles. The maximum Gasteiger partial charge on any atom is 0.328 e. The van der Waals surface area contributed by atoms with Crippen molar-refractivity contribution in [2.75, 3.05) is 11.9 Å². The molecule has 6 nitrogen and oxygen atoms in total. The summed E-state index contributed by atoms with van der Waals surface area (Å²) in [5.74, 6) is 0. The third kappa shape index (κ3) is 3.31. The molecule has 0 aliphatic rings. The number of nitrogens with one attached hydrogen (secondary N) is 2. The quantitative estimate of drug-likeness (QED) is 0.884. The Morgan fingerprint density at radius 3 is 3.00 bits per heavy atom. The summed E-state index contributed by atoms with van der Waals surface area (Å²) in [4.78, 5) is 29.3. The Balaban J connectivity index is 2.31. The topological polar surface area (TPSA) is 79.8 Å². The van der Waals surface area contributed by atoms with E-state index in [2.05, 4.69) is 31.2 Å². The van der Waals surface area contributed by atoms with Gasteiger partial charge in [-0.1, -0.05) is 0 Å². The van der Waals surface area contributed by atoms with Crippen LogP contribution in [0.25, 0.3) is 0 Å². The highest BCUT2D eigenvalue weighted by atomic mass is 79.9. The van der Waals surface area contributed by atoms with Gasteiger partial charge in [-0.25, -0.2) is 4.79 Å². The van der Waals surface area contributed by atoms with Gasteiger partial charge in [-0.2, -0.15) is 0 Å². The Morgan fingerprint density at radius 2 is 2.26 bits per heavy atom. The van der Waals surface area contributed by atoms with Gasteiger partial charge in [-0.3, -0.25) is 19.3 Å². The smallest absolute Gasteiger partial charge is 0.328 e. The number of nitrogens with zero attached hydrogens (tertiary/aromatic N) is 2. The normalized spacial score (nSPS) is 10.4. The molecule has 0 aliphatic carbocycles. The van der Waals surface area contributed by atoms with Crippen LogP contribution in [-0.2, 0) is 6.54 Å². The van der Waals surface area contributed by atoms with Gasteiger partial charge in [0.25, 0.3) is 5.56 Å². The second kappa shape index (κ2) is 5.83. The molecule has 2 N–H and O–H groups in total. The molecule has 2 heterocycles. The van der Waals surface area contributed by atoms with E-state index in [-0.39, 0.29) is 0 Å². The van der Waals surface area contributed by atoms with Crippen molar-refractivity contribution in [2.24, 2.45) is 0 Å². The summed E-state index contributed by atoms with van der Waals surface area (Å²) < 4.78 is 1.71. The monoisotopic (exact) mass is 324 g/mol. The zero-order chi connectivity index (χ0) is 13.8. The average Bonchev–Trinajstić information content (AvgIpc) is 2.37. The maximum atomic E-state index is 11.7. The van der Waals surface area contributed by atoms with Gasteiger partial charge in [-0.05, 0) is 35.0 Å². The Bertz CT molecular complexity index is 693. The molecular weight excluding hydrogens is 312 g/mol. The van der Waals surface area contributed by atoms with Crippen molar-refractivity contribution in [1.29, 1.82) is 0 Å². The molecule has 2 aromatic rings. The fourth-order valence-corrected chi connectivity index (χ4v) is 2.00. The zero-order valence-electron chi connectivity index (χ0n) is 10.3. The lowest BCUT2D eigenvalue weighted by atomic mass is 10.3. The van der Waals surface area contributed by atoms with Crippen LogP contribution in [0.3, 0.4) is 0 Å². The van der Waals surface area contributed by atoms with Gasteiger partial charge < -0.3 is 5.32 Å². The first-order valence-electron chi connectivity index (χ1n) is 5.78. The van der Waals surface area contributed by atoms with Crippen LogP contribution in [0.2, 0.25) is 0 Å². The Morgan fingerprint density at radius 1 is 1.47 bits per heavy atom. The van der Waals surface area contributed by atoms with E-state index in [0.29, 0.717) is 11.0 Å². The standard InChI is InChI=1S/C12H13BrN4O2/c1-2-14-8-3-4-15-9(5-8)6-17-7-10(13)11(18)16-12(17)19/h3-5,7H,2,6H2,1H3,(H,14,15)(H,16,18,19). The van der Waals surface area contributed by atoms with Gasteiger partial charge >= 0.3 is 5.69 Å². The van der Waals surface area contributed by atoms with Crippen molar-refractivity contribution in [3.05, 3.63) is 55.5 Å². The summed E-state index contributed by atoms with van der Waals surface area (Å²) in [6.45, 7) is 3.12. The van der Waals surface area contributed by atoms with E-state index < -0.39 is 11.2 Å². The minimum atomic E-state index is -0.455. The molecule has 7 heteroatoms. The minimum Gasteiger partial charge on any atom is -0.385 e. The van der Waals surface area contributed by atoms with Crippen LogP contribution in [0.15, 0.2) is 38.6 Å². The van der Waals surface area contributed by atoms with Gasteiger partial charge in [0, 0.05) is 24.6 Å². The summed E-state index contributed by atoms with van der Waals surface area (Å²) in [7, 11) is 0. The van der Waals surface area contributed by atoms with E-state index in [0.717, 1.165) is 17.9 Å². The molecule has 0 unspecified atom stereocenters. The Hall–Kier alpha value is -1.89. The van der Waals surface area contributed by atoms with E-state index in [1.165, 1.54) is 10.8 Å². The largest absolute Gasteiger partial charge is 0.385 e. The minimum absolute atomic E-state index is 0.299. The van der Waals surface area contributed by atoms with Gasteiger partial charge in [-0.15, -0.1) is 0 Å². The van der Waals surface area contributed by atoms with Crippen LogP contribution in [-0.4, -0.2) is 21.1 Å². The number of halogens is 1. The predicted octanol–water partition coefficient (Wildman–Crippen LogP) is 1.17. The zero-order valence-corrected chi connectivity index (χ0v) is 11.9. The fourth-order valence-electron chi connectivity index (χ4n) is 1.65. The summed E-state index contributed by atoms with van der Waals surface area (Å²) in [6, 6.07) is 3.73. The number of H-pyrrole nitrogens is 1. The number of anilines is 1. The molecule has 2 aromatic heterocycles. The second-order valence-electron chi connectivity index (χ2n) is 3.93. The summed E-state index contributed by atoms with van der Waals surface area (Å²) in [5, 5.41) is 3.17. The molecule has 0 atom stereocenters. The lowest BCUT2D eigenvalue weighted by Gasteiger charge is -2.07. The van der Waals surface area contributed by atoms with Crippen molar-refractivity contribution < 1.29 is 0 Å². The van der Waals surface area contributed by atoms with Crippen LogP contribution in [0.4, 0.5) is 5.69 Å². The SMILES string of the molecule is CCNc1ccnc(Cn2cc(Br)c(=O)[nH]c2=O)c1. The van der Waals surface area contributed by atoms with E-state index in [9.17, 15) is 9.59 Å². The first-order chi connectivity index (χ1) is 9.10. The number of hydrogen-bond donors (Lipinski definition) is 2. The second-order valence-corrected chi connectivity index (χ2v) is 4.78. The molecule has 19 heavy (non-hydrogen) atoms. The lowest BCUT2D eigenvalue weighted by Crippen LogP contribution is -2.30. The summed E-state index contributed by atoms with van der Waals surface area (Å²) >= 11 is 3.10. The van der Waals surface area contributed by atoms with Gasteiger partial charge in [0.2, 0.25) is 0 Å². The van der Waals surface area contributed by atoms with Crippen LogP contribution in [0, 0.1) is 0 Å². The highest BCUT2D eigenvalue weighted by molar-refractivity contribution is 9.10. The molecule has 0 amide bonds. The van der Waals surface area contributed by atoms with Crippen molar-refractivity contribution in [1.82, 2.24) is 14.5 Å². The number of aromatic nitrogens is 3. The van der Waals surface area contributed by atoms with Crippen molar-refractivity contribution >= 4 is 21.6 Å². The van der Waals surface area contributed by atoms with Crippen LogP contribution in [0.5, 0.6) is 0 Å². The van der Waals surface area contributed by atoms with Crippen molar-refractivity contribution in [3.8, 4) is 0 Å². The molecule has 0 fully saturated rings. The van der Waals surface area contributed by atoms with E-state index in [1.807, 2.05) is 19.1 Å². The van der Waals surface area contributed by atoms with Crippen LogP contribution < -0.4 is 16.6 Å².